The lowest BCUT2D eigenvalue weighted by Crippen LogP contribution is -2.02. The van der Waals surface area contributed by atoms with Gasteiger partial charge in [-0.25, -0.2) is 0 Å². The van der Waals surface area contributed by atoms with Crippen LogP contribution in [0.3, 0.4) is 0 Å². The van der Waals surface area contributed by atoms with E-state index >= 15 is 0 Å². The number of aryl methyl sites for hydroxylation is 2. The number of allylic oxidation sites excluding steroid dienone is 1. The molecule has 0 spiro atoms. The highest BCUT2D eigenvalue weighted by molar-refractivity contribution is 7.15. The highest BCUT2D eigenvalue weighted by Gasteiger charge is 2.23. The average molecular weight is 434 g/mol. The molecule has 2 aromatic heterocycles. The molecular formula is C28H23N3S. The zero-order valence-corrected chi connectivity index (χ0v) is 19.1. The molecule has 0 aliphatic heterocycles. The minimum atomic E-state index is 0.641. The minimum absolute atomic E-state index is 0.641. The lowest BCUT2D eigenvalue weighted by molar-refractivity contribution is 0.695. The summed E-state index contributed by atoms with van der Waals surface area (Å²) in [5, 5.41) is 23.2. The average Bonchev–Trinajstić information content (AvgIpc) is 3.32. The Kier molecular flexibility index (Phi) is 5.17. The third kappa shape index (κ3) is 3.34. The van der Waals surface area contributed by atoms with Crippen LogP contribution in [-0.2, 0) is 12.8 Å². The van der Waals surface area contributed by atoms with E-state index in [0.29, 0.717) is 5.57 Å². The number of benzene rings is 2. The molecule has 4 aromatic rings. The van der Waals surface area contributed by atoms with Gasteiger partial charge in [-0.15, -0.1) is 11.3 Å². The van der Waals surface area contributed by atoms with Gasteiger partial charge in [0.05, 0.1) is 17.2 Å². The summed E-state index contributed by atoms with van der Waals surface area (Å²) in [5.74, 6) is 0. The van der Waals surface area contributed by atoms with E-state index in [2.05, 4.69) is 60.9 Å². The lowest BCUT2D eigenvalue weighted by Gasteiger charge is -2.10. The van der Waals surface area contributed by atoms with Crippen LogP contribution in [0.25, 0.3) is 27.4 Å². The van der Waals surface area contributed by atoms with Gasteiger partial charge in [0.1, 0.15) is 11.1 Å². The van der Waals surface area contributed by atoms with Crippen LogP contribution in [0.5, 0.6) is 0 Å². The second-order valence-electron chi connectivity index (χ2n) is 8.40. The molecule has 2 aromatic carbocycles. The van der Waals surface area contributed by atoms with Gasteiger partial charge in [-0.3, -0.25) is 0 Å². The van der Waals surface area contributed by atoms with Gasteiger partial charge in [-0.1, -0.05) is 36.4 Å². The van der Waals surface area contributed by atoms with E-state index in [-0.39, 0.29) is 0 Å². The summed E-state index contributed by atoms with van der Waals surface area (Å²) in [6, 6.07) is 21.3. The maximum absolute atomic E-state index is 9.92. The molecule has 0 amide bonds. The number of nitrogens with zero attached hydrogens (tertiary/aromatic N) is 3. The highest BCUT2D eigenvalue weighted by Crippen LogP contribution is 2.38. The van der Waals surface area contributed by atoms with E-state index in [0.717, 1.165) is 63.1 Å². The number of thiophene rings is 1. The Bertz CT molecular complexity index is 1470. The third-order valence-corrected chi connectivity index (χ3v) is 7.70. The van der Waals surface area contributed by atoms with Crippen molar-refractivity contribution in [2.75, 3.05) is 0 Å². The minimum Gasteiger partial charge on any atom is -0.308 e. The standard InChI is InChI=1S/C28H23N3S/c1-18-13-23(15-24(16-29)22-12-11-20-7-3-4-8-21(20)14-22)19(2)31(18)28-26(17-30)25-9-5-6-10-27(25)32-28/h3-4,7-8,11-15H,5-6,9-10H2,1-2H3/b24-15-. The predicted molar refractivity (Wildman–Crippen MR) is 132 cm³/mol. The van der Waals surface area contributed by atoms with Crippen molar-refractivity contribution in [1.82, 2.24) is 4.57 Å². The second-order valence-corrected chi connectivity index (χ2v) is 9.48. The number of hydrogen-bond donors (Lipinski definition) is 0. The Labute approximate surface area is 192 Å². The summed E-state index contributed by atoms with van der Waals surface area (Å²) in [7, 11) is 0. The molecule has 156 valence electrons. The Balaban J connectivity index is 1.61. The van der Waals surface area contributed by atoms with Crippen molar-refractivity contribution >= 4 is 33.8 Å². The zero-order chi connectivity index (χ0) is 22.2. The predicted octanol–water partition coefficient (Wildman–Crippen LogP) is 7.12. The molecule has 0 bridgehead atoms. The van der Waals surface area contributed by atoms with Gasteiger partial charge in [0, 0.05) is 16.3 Å². The summed E-state index contributed by atoms with van der Waals surface area (Å²) >= 11 is 1.76. The molecule has 0 unspecified atom stereocenters. The maximum atomic E-state index is 9.92. The zero-order valence-electron chi connectivity index (χ0n) is 18.3. The van der Waals surface area contributed by atoms with E-state index in [9.17, 15) is 10.5 Å². The molecule has 2 heterocycles. The quantitative estimate of drug-likeness (QED) is 0.323. The fraction of sp³-hybridized carbons (Fsp3) is 0.214. The van der Waals surface area contributed by atoms with Crippen molar-refractivity contribution in [3.8, 4) is 17.1 Å². The van der Waals surface area contributed by atoms with Gasteiger partial charge in [-0.2, -0.15) is 10.5 Å². The molecule has 0 saturated heterocycles. The molecular weight excluding hydrogens is 410 g/mol. The normalized spacial score (nSPS) is 13.6. The summed E-state index contributed by atoms with van der Waals surface area (Å²) in [6.45, 7) is 4.15. The largest absolute Gasteiger partial charge is 0.308 e. The number of fused-ring (bicyclic) bond motifs is 2. The van der Waals surface area contributed by atoms with Crippen molar-refractivity contribution in [3.05, 3.63) is 87.0 Å². The lowest BCUT2D eigenvalue weighted by atomic mass is 9.96. The van der Waals surface area contributed by atoms with Crippen LogP contribution in [0.4, 0.5) is 0 Å². The van der Waals surface area contributed by atoms with E-state index < -0.39 is 0 Å². The SMILES string of the molecule is Cc1cc(/C=C(/C#N)c2ccc3ccccc3c2)c(C)n1-c1sc2c(c1C#N)CCCC2. The molecule has 5 rings (SSSR count). The van der Waals surface area contributed by atoms with Crippen LogP contribution in [0.15, 0.2) is 48.5 Å². The number of aromatic nitrogens is 1. The maximum Gasteiger partial charge on any atom is 0.118 e. The Morgan fingerprint density at radius 2 is 1.78 bits per heavy atom. The molecule has 1 aliphatic rings. The van der Waals surface area contributed by atoms with E-state index in [4.69, 9.17) is 0 Å². The Hall–Kier alpha value is -3.60. The first-order chi connectivity index (χ1) is 15.6. The van der Waals surface area contributed by atoms with Crippen molar-refractivity contribution in [2.45, 2.75) is 39.5 Å². The van der Waals surface area contributed by atoms with Gasteiger partial charge in [0.15, 0.2) is 0 Å². The van der Waals surface area contributed by atoms with Crippen molar-refractivity contribution in [3.63, 3.8) is 0 Å². The molecule has 0 radical (unpaired) electrons. The molecule has 0 saturated carbocycles. The Morgan fingerprint density at radius 1 is 1.00 bits per heavy atom. The van der Waals surface area contributed by atoms with Gasteiger partial charge < -0.3 is 4.57 Å². The first-order valence-electron chi connectivity index (χ1n) is 11.0. The molecule has 0 N–H and O–H groups in total. The van der Waals surface area contributed by atoms with Gasteiger partial charge in [-0.05, 0) is 85.2 Å². The fourth-order valence-electron chi connectivity index (χ4n) is 4.76. The highest BCUT2D eigenvalue weighted by atomic mass is 32.1. The molecule has 3 nitrogen and oxygen atoms in total. The van der Waals surface area contributed by atoms with E-state index in [1.54, 1.807) is 11.3 Å². The molecule has 4 heteroatoms. The molecule has 32 heavy (non-hydrogen) atoms. The molecule has 0 fully saturated rings. The number of rotatable bonds is 3. The first kappa shape index (κ1) is 20.3. The molecule has 0 atom stereocenters. The topological polar surface area (TPSA) is 52.5 Å². The van der Waals surface area contributed by atoms with Crippen LogP contribution in [0.1, 0.15) is 51.4 Å². The summed E-state index contributed by atoms with van der Waals surface area (Å²) in [5.41, 5.74) is 6.80. The monoisotopic (exact) mass is 433 g/mol. The van der Waals surface area contributed by atoms with Crippen LogP contribution in [0.2, 0.25) is 0 Å². The molecule has 1 aliphatic carbocycles. The van der Waals surface area contributed by atoms with Crippen LogP contribution in [-0.4, -0.2) is 4.57 Å². The van der Waals surface area contributed by atoms with Gasteiger partial charge >= 0.3 is 0 Å². The number of nitriles is 2. The van der Waals surface area contributed by atoms with Crippen molar-refractivity contribution in [1.29, 1.82) is 10.5 Å². The number of hydrogen-bond acceptors (Lipinski definition) is 3. The van der Waals surface area contributed by atoms with Crippen LogP contribution in [0, 0.1) is 36.5 Å². The van der Waals surface area contributed by atoms with Crippen molar-refractivity contribution < 1.29 is 0 Å². The van der Waals surface area contributed by atoms with Gasteiger partial charge in [0.25, 0.3) is 0 Å². The summed E-state index contributed by atoms with van der Waals surface area (Å²) < 4.78 is 2.20. The smallest absolute Gasteiger partial charge is 0.118 e. The van der Waals surface area contributed by atoms with E-state index in [1.807, 2.05) is 24.3 Å². The summed E-state index contributed by atoms with van der Waals surface area (Å²) in [6.07, 6.45) is 6.41. The van der Waals surface area contributed by atoms with Gasteiger partial charge in [0.2, 0.25) is 0 Å². The van der Waals surface area contributed by atoms with Crippen LogP contribution < -0.4 is 0 Å². The fourth-order valence-corrected chi connectivity index (χ4v) is 6.21. The van der Waals surface area contributed by atoms with E-state index in [1.165, 1.54) is 16.9 Å². The first-order valence-corrected chi connectivity index (χ1v) is 11.8. The van der Waals surface area contributed by atoms with Crippen LogP contribution >= 0.6 is 11.3 Å². The van der Waals surface area contributed by atoms with Crippen molar-refractivity contribution in [2.24, 2.45) is 0 Å². The Morgan fingerprint density at radius 3 is 2.56 bits per heavy atom. The summed E-state index contributed by atoms with van der Waals surface area (Å²) in [4.78, 5) is 1.36. The third-order valence-electron chi connectivity index (χ3n) is 6.42. The second kappa shape index (κ2) is 8.15.